The number of nitrogens with zero attached hydrogens (tertiary/aromatic N) is 1. The van der Waals surface area contributed by atoms with Crippen LogP contribution in [-0.2, 0) is 11.2 Å². The molecule has 4 heteroatoms. The lowest BCUT2D eigenvalue weighted by atomic mass is 10.0. The predicted octanol–water partition coefficient (Wildman–Crippen LogP) is 2.92. The summed E-state index contributed by atoms with van der Waals surface area (Å²) in [5.74, 6) is 0.829. The van der Waals surface area contributed by atoms with E-state index in [4.69, 9.17) is 0 Å². The first-order chi connectivity index (χ1) is 9.65. The number of likely N-dealkylation sites (tertiary alicyclic amines) is 1. The molecule has 1 N–H and O–H groups in total. The van der Waals surface area contributed by atoms with E-state index in [1.165, 1.54) is 32.4 Å². The fourth-order valence-electron chi connectivity index (χ4n) is 2.88. The van der Waals surface area contributed by atoms with E-state index in [0.717, 1.165) is 11.4 Å². The number of hydrogen-bond acceptors (Lipinski definition) is 3. The first-order valence-corrected chi connectivity index (χ1v) is 8.56. The fourth-order valence-corrected chi connectivity index (χ4v) is 3.58. The summed E-state index contributed by atoms with van der Waals surface area (Å²) in [4.78, 5) is 15.7. The Balaban J connectivity index is 1.79. The second kappa shape index (κ2) is 7.79. The molecule has 1 atom stereocenters. The summed E-state index contributed by atoms with van der Waals surface area (Å²) in [6, 6.07) is 4.53. The maximum Gasteiger partial charge on any atom is 0.225 e. The van der Waals surface area contributed by atoms with Crippen LogP contribution in [0.2, 0.25) is 0 Å². The van der Waals surface area contributed by atoms with Crippen LogP contribution < -0.4 is 5.32 Å². The molecule has 1 saturated heterocycles. The van der Waals surface area contributed by atoms with Gasteiger partial charge in [0.05, 0.1) is 6.42 Å². The lowest BCUT2D eigenvalue weighted by Gasteiger charge is -2.29. The van der Waals surface area contributed by atoms with Crippen LogP contribution in [-0.4, -0.2) is 36.5 Å². The van der Waals surface area contributed by atoms with Gasteiger partial charge < -0.3 is 5.32 Å². The van der Waals surface area contributed by atoms with E-state index in [9.17, 15) is 4.79 Å². The molecule has 1 amide bonds. The van der Waals surface area contributed by atoms with Gasteiger partial charge in [0.25, 0.3) is 0 Å². The molecule has 0 saturated carbocycles. The van der Waals surface area contributed by atoms with Gasteiger partial charge in [-0.25, -0.2) is 0 Å². The van der Waals surface area contributed by atoms with Crippen LogP contribution >= 0.6 is 11.3 Å². The standard InChI is InChI=1S/C16H26N2OS/c1-13(2)10-14(18-7-3-4-8-18)12-17-16(19)11-15-6-5-9-20-15/h5-6,9,13-14H,3-4,7-8,10-12H2,1-2H3,(H,17,19). The first-order valence-electron chi connectivity index (χ1n) is 7.68. The molecular formula is C16H26N2OS. The molecule has 2 rings (SSSR count). The highest BCUT2D eigenvalue weighted by Crippen LogP contribution is 2.17. The Labute approximate surface area is 126 Å². The van der Waals surface area contributed by atoms with Gasteiger partial charge in [0.1, 0.15) is 0 Å². The van der Waals surface area contributed by atoms with Crippen molar-refractivity contribution < 1.29 is 4.79 Å². The van der Waals surface area contributed by atoms with Gasteiger partial charge in [-0.2, -0.15) is 0 Å². The highest BCUT2D eigenvalue weighted by molar-refractivity contribution is 7.10. The minimum Gasteiger partial charge on any atom is -0.354 e. The van der Waals surface area contributed by atoms with Gasteiger partial charge in [0.15, 0.2) is 0 Å². The molecule has 0 spiro atoms. The number of nitrogens with one attached hydrogen (secondary N) is 1. The summed E-state index contributed by atoms with van der Waals surface area (Å²) in [5, 5.41) is 5.15. The van der Waals surface area contributed by atoms with Crippen molar-refractivity contribution in [2.75, 3.05) is 19.6 Å². The Morgan fingerprint density at radius 2 is 2.15 bits per heavy atom. The van der Waals surface area contributed by atoms with E-state index in [1.807, 2.05) is 17.5 Å². The van der Waals surface area contributed by atoms with Crippen LogP contribution in [0.3, 0.4) is 0 Å². The summed E-state index contributed by atoms with van der Waals surface area (Å²) in [6.07, 6.45) is 4.29. The minimum atomic E-state index is 0.153. The molecule has 20 heavy (non-hydrogen) atoms. The van der Waals surface area contributed by atoms with E-state index in [-0.39, 0.29) is 5.91 Å². The molecule has 2 heterocycles. The Kier molecular flexibility index (Phi) is 6.05. The average Bonchev–Trinajstić information content (AvgIpc) is 3.06. The molecule has 1 aliphatic heterocycles. The molecule has 0 radical (unpaired) electrons. The minimum absolute atomic E-state index is 0.153. The number of amides is 1. The van der Waals surface area contributed by atoms with Crippen LogP contribution in [0.25, 0.3) is 0 Å². The van der Waals surface area contributed by atoms with Crippen molar-refractivity contribution >= 4 is 17.2 Å². The van der Waals surface area contributed by atoms with Crippen molar-refractivity contribution in [3.63, 3.8) is 0 Å². The largest absolute Gasteiger partial charge is 0.354 e. The highest BCUT2D eigenvalue weighted by Gasteiger charge is 2.23. The zero-order valence-corrected chi connectivity index (χ0v) is 13.4. The molecule has 1 aromatic rings. The molecule has 112 valence electrons. The Bertz CT molecular complexity index is 397. The summed E-state index contributed by atoms with van der Waals surface area (Å²) in [5.41, 5.74) is 0. The number of rotatable bonds is 7. The van der Waals surface area contributed by atoms with Gasteiger partial charge in [-0.1, -0.05) is 19.9 Å². The van der Waals surface area contributed by atoms with E-state index < -0.39 is 0 Å². The van der Waals surface area contributed by atoms with Gasteiger partial charge in [0.2, 0.25) is 5.91 Å². The van der Waals surface area contributed by atoms with Crippen molar-refractivity contribution in [2.24, 2.45) is 5.92 Å². The van der Waals surface area contributed by atoms with Crippen LogP contribution in [0.15, 0.2) is 17.5 Å². The highest BCUT2D eigenvalue weighted by atomic mass is 32.1. The van der Waals surface area contributed by atoms with E-state index in [2.05, 4.69) is 24.1 Å². The number of carbonyl (C=O) groups is 1. The van der Waals surface area contributed by atoms with Gasteiger partial charge >= 0.3 is 0 Å². The van der Waals surface area contributed by atoms with Crippen molar-refractivity contribution in [1.29, 1.82) is 0 Å². The Hall–Kier alpha value is -0.870. The molecule has 1 unspecified atom stereocenters. The zero-order valence-electron chi connectivity index (χ0n) is 12.6. The summed E-state index contributed by atoms with van der Waals surface area (Å²) in [7, 11) is 0. The van der Waals surface area contributed by atoms with E-state index >= 15 is 0 Å². The van der Waals surface area contributed by atoms with E-state index in [0.29, 0.717) is 18.4 Å². The summed E-state index contributed by atoms with van der Waals surface area (Å²) >= 11 is 1.65. The van der Waals surface area contributed by atoms with Gasteiger partial charge in [-0.05, 0) is 49.7 Å². The molecule has 0 aliphatic carbocycles. The maximum absolute atomic E-state index is 12.0. The third-order valence-electron chi connectivity index (χ3n) is 3.85. The summed E-state index contributed by atoms with van der Waals surface area (Å²) in [6.45, 7) is 7.70. The van der Waals surface area contributed by atoms with Crippen LogP contribution in [0.1, 0.15) is 38.0 Å². The van der Waals surface area contributed by atoms with Gasteiger partial charge in [-0.3, -0.25) is 9.69 Å². The molecular weight excluding hydrogens is 268 g/mol. The Morgan fingerprint density at radius 1 is 1.40 bits per heavy atom. The second-order valence-corrected chi connectivity index (χ2v) is 7.12. The maximum atomic E-state index is 12.0. The third-order valence-corrected chi connectivity index (χ3v) is 4.73. The van der Waals surface area contributed by atoms with Crippen molar-refractivity contribution in [3.8, 4) is 0 Å². The summed E-state index contributed by atoms with van der Waals surface area (Å²) < 4.78 is 0. The third kappa shape index (κ3) is 4.91. The molecule has 1 aliphatic rings. The topological polar surface area (TPSA) is 32.3 Å². The van der Waals surface area contributed by atoms with E-state index in [1.54, 1.807) is 11.3 Å². The first kappa shape index (κ1) is 15.5. The lowest BCUT2D eigenvalue weighted by molar-refractivity contribution is -0.120. The van der Waals surface area contributed by atoms with Crippen molar-refractivity contribution in [3.05, 3.63) is 22.4 Å². The zero-order chi connectivity index (χ0) is 14.4. The van der Waals surface area contributed by atoms with Crippen molar-refractivity contribution in [1.82, 2.24) is 10.2 Å². The SMILES string of the molecule is CC(C)CC(CNC(=O)Cc1cccs1)N1CCCC1. The average molecular weight is 294 g/mol. The van der Waals surface area contributed by atoms with Gasteiger partial charge in [0, 0.05) is 17.5 Å². The smallest absolute Gasteiger partial charge is 0.225 e. The molecule has 1 fully saturated rings. The van der Waals surface area contributed by atoms with Crippen molar-refractivity contribution in [2.45, 2.75) is 45.6 Å². The quantitative estimate of drug-likeness (QED) is 0.838. The normalized spacial score (nSPS) is 17.6. The fraction of sp³-hybridized carbons (Fsp3) is 0.688. The molecule has 0 aromatic carbocycles. The molecule has 3 nitrogen and oxygen atoms in total. The van der Waals surface area contributed by atoms with Gasteiger partial charge in [-0.15, -0.1) is 11.3 Å². The number of carbonyl (C=O) groups excluding carboxylic acids is 1. The second-order valence-electron chi connectivity index (χ2n) is 6.09. The number of thiophene rings is 1. The van der Waals surface area contributed by atoms with Crippen LogP contribution in [0.4, 0.5) is 0 Å². The molecule has 1 aromatic heterocycles. The monoisotopic (exact) mass is 294 g/mol. The predicted molar refractivity (Wildman–Crippen MR) is 85.1 cm³/mol. The van der Waals surface area contributed by atoms with Crippen LogP contribution in [0, 0.1) is 5.92 Å². The lowest BCUT2D eigenvalue weighted by Crippen LogP contribution is -2.43. The number of hydrogen-bond donors (Lipinski definition) is 1. The Morgan fingerprint density at radius 3 is 2.75 bits per heavy atom. The van der Waals surface area contributed by atoms with Crippen LogP contribution in [0.5, 0.6) is 0 Å². The molecule has 0 bridgehead atoms.